The van der Waals surface area contributed by atoms with E-state index < -0.39 is 0 Å². The van der Waals surface area contributed by atoms with Crippen LogP contribution in [0.15, 0.2) is 18.3 Å². The third kappa shape index (κ3) is 3.62. The summed E-state index contributed by atoms with van der Waals surface area (Å²) in [6, 6.07) is 4.44. The van der Waals surface area contributed by atoms with E-state index in [1.54, 1.807) is 0 Å². The highest BCUT2D eigenvalue weighted by atomic mass is 79.9. The monoisotopic (exact) mass is 326 g/mol. The molecule has 0 spiro atoms. The number of nitrogens with zero attached hydrogens (tertiary/aromatic N) is 2. The fourth-order valence-corrected chi connectivity index (χ4v) is 3.60. The third-order valence-corrected chi connectivity index (χ3v) is 4.66. The molecular formula is C15H23BrN2O. The van der Waals surface area contributed by atoms with Crippen LogP contribution in [0, 0.1) is 0 Å². The predicted molar refractivity (Wildman–Crippen MR) is 83.4 cm³/mol. The Labute approximate surface area is 124 Å². The summed E-state index contributed by atoms with van der Waals surface area (Å²) in [4.78, 5) is 7.34. The van der Waals surface area contributed by atoms with Gasteiger partial charge in [0.05, 0.1) is 6.10 Å². The van der Waals surface area contributed by atoms with Gasteiger partial charge in [-0.1, -0.05) is 28.8 Å². The van der Waals surface area contributed by atoms with E-state index in [-0.39, 0.29) is 6.10 Å². The Bertz CT molecular complexity index is 411. The summed E-state index contributed by atoms with van der Waals surface area (Å²) in [5, 5.41) is 0. The molecule has 0 aromatic carbocycles. The molecule has 0 bridgehead atoms. The molecule has 2 unspecified atom stereocenters. The summed E-state index contributed by atoms with van der Waals surface area (Å²) >= 11 is 3.82. The van der Waals surface area contributed by atoms with E-state index in [0.29, 0.717) is 10.9 Å². The van der Waals surface area contributed by atoms with Gasteiger partial charge < -0.3 is 9.64 Å². The molecule has 1 aliphatic rings. The van der Waals surface area contributed by atoms with Crippen molar-refractivity contribution >= 4 is 21.7 Å². The lowest BCUT2D eigenvalue weighted by Crippen LogP contribution is -2.41. The number of halogens is 1. The highest BCUT2D eigenvalue weighted by molar-refractivity contribution is 9.09. The van der Waals surface area contributed by atoms with E-state index >= 15 is 0 Å². The van der Waals surface area contributed by atoms with Gasteiger partial charge in [0.1, 0.15) is 0 Å². The molecule has 2 atom stereocenters. The normalized spacial score (nSPS) is 23.4. The lowest BCUT2D eigenvalue weighted by molar-refractivity contribution is 0.241. The number of hydrogen-bond acceptors (Lipinski definition) is 3. The molecule has 0 amide bonds. The van der Waals surface area contributed by atoms with Gasteiger partial charge >= 0.3 is 0 Å². The zero-order chi connectivity index (χ0) is 13.8. The molecule has 0 saturated heterocycles. The van der Waals surface area contributed by atoms with Crippen LogP contribution >= 0.6 is 15.9 Å². The lowest BCUT2D eigenvalue weighted by atomic mass is 9.94. The second kappa shape index (κ2) is 6.60. The van der Waals surface area contributed by atoms with Crippen molar-refractivity contribution in [1.29, 1.82) is 0 Å². The van der Waals surface area contributed by atoms with E-state index in [2.05, 4.69) is 32.9 Å². The van der Waals surface area contributed by atoms with Gasteiger partial charge in [0, 0.05) is 24.1 Å². The van der Waals surface area contributed by atoms with E-state index in [1.807, 2.05) is 32.2 Å². The highest BCUT2D eigenvalue weighted by Crippen LogP contribution is 2.33. The molecule has 1 aliphatic carbocycles. The molecule has 2 rings (SSSR count). The Balaban J connectivity index is 2.20. The largest absolute Gasteiger partial charge is 0.487 e. The standard InChI is InChI=1S/C15H23BrN2O/c1-11(2)19-14-9-6-10-17-15(14)18(3)13-8-5-4-7-12(13)16/h6,9-13H,4-5,7-8H2,1-3H3. The van der Waals surface area contributed by atoms with Crippen LogP contribution in [0.25, 0.3) is 0 Å². The van der Waals surface area contributed by atoms with Crippen molar-refractivity contribution in [3.8, 4) is 5.75 Å². The first-order valence-electron chi connectivity index (χ1n) is 7.08. The summed E-state index contributed by atoms with van der Waals surface area (Å²) in [5.41, 5.74) is 0. The van der Waals surface area contributed by atoms with Crippen molar-refractivity contribution < 1.29 is 4.74 Å². The number of anilines is 1. The summed E-state index contributed by atoms with van der Waals surface area (Å²) in [6.45, 7) is 4.09. The molecule has 1 fully saturated rings. The minimum atomic E-state index is 0.169. The first-order chi connectivity index (χ1) is 9.09. The molecule has 19 heavy (non-hydrogen) atoms. The van der Waals surface area contributed by atoms with Gasteiger partial charge in [-0.3, -0.25) is 0 Å². The Kier molecular flexibility index (Phi) is 5.08. The first-order valence-corrected chi connectivity index (χ1v) is 7.99. The molecule has 0 radical (unpaired) electrons. The summed E-state index contributed by atoms with van der Waals surface area (Å²) < 4.78 is 5.87. The Hall–Kier alpha value is -0.770. The second-order valence-electron chi connectivity index (χ2n) is 5.47. The number of aromatic nitrogens is 1. The van der Waals surface area contributed by atoms with E-state index in [9.17, 15) is 0 Å². The molecule has 1 aromatic heterocycles. The number of alkyl halides is 1. The lowest BCUT2D eigenvalue weighted by Gasteiger charge is -2.36. The van der Waals surface area contributed by atoms with Gasteiger partial charge in [-0.2, -0.15) is 0 Å². The average Bonchev–Trinajstić information content (AvgIpc) is 2.38. The van der Waals surface area contributed by atoms with E-state index in [1.165, 1.54) is 25.7 Å². The highest BCUT2D eigenvalue weighted by Gasteiger charge is 2.28. The third-order valence-electron chi connectivity index (χ3n) is 3.59. The molecule has 106 valence electrons. The van der Waals surface area contributed by atoms with Gasteiger partial charge in [0.2, 0.25) is 0 Å². The number of rotatable bonds is 4. The quantitative estimate of drug-likeness (QED) is 0.781. The van der Waals surface area contributed by atoms with Crippen LogP contribution in [-0.2, 0) is 0 Å². The maximum absolute atomic E-state index is 5.87. The average molecular weight is 327 g/mol. The molecule has 0 aliphatic heterocycles. The summed E-state index contributed by atoms with van der Waals surface area (Å²) in [6.07, 6.45) is 7.07. The smallest absolute Gasteiger partial charge is 0.171 e. The minimum absolute atomic E-state index is 0.169. The van der Waals surface area contributed by atoms with Crippen molar-refractivity contribution in [3.05, 3.63) is 18.3 Å². The first kappa shape index (κ1) is 14.6. The van der Waals surface area contributed by atoms with Gasteiger partial charge in [-0.15, -0.1) is 0 Å². The van der Waals surface area contributed by atoms with Crippen LogP contribution in [0.3, 0.4) is 0 Å². The fourth-order valence-electron chi connectivity index (χ4n) is 2.65. The molecule has 0 N–H and O–H groups in total. The topological polar surface area (TPSA) is 25.4 Å². The van der Waals surface area contributed by atoms with Gasteiger partial charge in [-0.25, -0.2) is 4.98 Å². The van der Waals surface area contributed by atoms with Gasteiger partial charge in [0.25, 0.3) is 0 Å². The molecule has 1 saturated carbocycles. The van der Waals surface area contributed by atoms with Gasteiger partial charge in [0.15, 0.2) is 11.6 Å². The number of pyridine rings is 1. The van der Waals surface area contributed by atoms with Crippen LogP contribution in [0.2, 0.25) is 0 Å². The number of ether oxygens (including phenoxy) is 1. The van der Waals surface area contributed by atoms with Gasteiger partial charge in [-0.05, 0) is 38.8 Å². The summed E-state index contributed by atoms with van der Waals surface area (Å²) in [7, 11) is 2.12. The maximum atomic E-state index is 5.87. The minimum Gasteiger partial charge on any atom is -0.487 e. The van der Waals surface area contributed by atoms with Crippen molar-refractivity contribution in [2.24, 2.45) is 0 Å². The van der Waals surface area contributed by atoms with E-state index in [0.717, 1.165) is 11.6 Å². The Morgan fingerprint density at radius 2 is 2.11 bits per heavy atom. The van der Waals surface area contributed by atoms with Crippen LogP contribution in [0.1, 0.15) is 39.5 Å². The second-order valence-corrected chi connectivity index (χ2v) is 6.65. The zero-order valence-electron chi connectivity index (χ0n) is 12.0. The summed E-state index contributed by atoms with van der Waals surface area (Å²) in [5.74, 6) is 1.83. The van der Waals surface area contributed by atoms with Crippen LogP contribution in [0.5, 0.6) is 5.75 Å². The van der Waals surface area contributed by atoms with Crippen LogP contribution in [0.4, 0.5) is 5.82 Å². The van der Waals surface area contributed by atoms with Crippen molar-refractivity contribution in [3.63, 3.8) is 0 Å². The SMILES string of the molecule is CC(C)Oc1cccnc1N(C)C1CCCCC1Br. The molecule has 3 nitrogen and oxygen atoms in total. The predicted octanol–water partition coefficient (Wildman–Crippen LogP) is 4.01. The van der Waals surface area contributed by atoms with Crippen LogP contribution < -0.4 is 9.64 Å². The van der Waals surface area contributed by atoms with Crippen LogP contribution in [-0.4, -0.2) is 29.0 Å². The zero-order valence-corrected chi connectivity index (χ0v) is 13.6. The van der Waals surface area contributed by atoms with E-state index in [4.69, 9.17) is 4.74 Å². The Morgan fingerprint density at radius 1 is 1.37 bits per heavy atom. The van der Waals surface area contributed by atoms with Crippen molar-refractivity contribution in [1.82, 2.24) is 4.98 Å². The molecular weight excluding hydrogens is 304 g/mol. The van der Waals surface area contributed by atoms with Crippen molar-refractivity contribution in [2.75, 3.05) is 11.9 Å². The molecule has 1 heterocycles. The fraction of sp³-hybridized carbons (Fsp3) is 0.667. The van der Waals surface area contributed by atoms with Crippen molar-refractivity contribution in [2.45, 2.75) is 56.5 Å². The Morgan fingerprint density at radius 3 is 2.79 bits per heavy atom. The molecule has 1 aromatic rings. The maximum Gasteiger partial charge on any atom is 0.171 e. The molecule has 4 heteroatoms. The number of hydrogen-bond donors (Lipinski definition) is 0.